The third kappa shape index (κ3) is 2.97. The van der Waals surface area contributed by atoms with Gasteiger partial charge in [0, 0.05) is 11.6 Å². The molecule has 0 aliphatic rings. The smallest absolute Gasteiger partial charge is 0.179 e. The predicted octanol–water partition coefficient (Wildman–Crippen LogP) is -0.866. The number of aldehydes is 1. The van der Waals surface area contributed by atoms with Crippen molar-refractivity contribution < 1.29 is 30.7 Å². The second kappa shape index (κ2) is 5.68. The van der Waals surface area contributed by atoms with Crippen molar-refractivity contribution in [2.75, 3.05) is 0 Å². The molecule has 0 spiro atoms. The van der Waals surface area contributed by atoms with E-state index in [1.165, 1.54) is 12.1 Å². The van der Waals surface area contributed by atoms with Gasteiger partial charge in [0.2, 0.25) is 0 Å². The largest absolute Gasteiger partial charge is 1.00 e. The summed E-state index contributed by atoms with van der Waals surface area (Å²) in [6.45, 7) is 0. The molecule has 1 aromatic carbocycles. The number of rotatable bonds is 2. The Morgan fingerprint density at radius 1 is 1.18 bits per heavy atom. The Morgan fingerprint density at radius 3 is 2.41 bits per heavy atom. The Balaban J connectivity index is 0.00000144. The highest BCUT2D eigenvalue weighted by molar-refractivity contribution is 5.86. The van der Waals surface area contributed by atoms with Crippen LogP contribution in [0.2, 0.25) is 0 Å². The summed E-state index contributed by atoms with van der Waals surface area (Å²) in [5.74, 6) is -0.280. The van der Waals surface area contributed by atoms with E-state index in [-0.39, 0.29) is 22.8 Å². The second-order valence-electron chi connectivity index (χ2n) is 3.60. The van der Waals surface area contributed by atoms with E-state index in [9.17, 15) is 9.18 Å². The van der Waals surface area contributed by atoms with Crippen LogP contribution in [-0.2, 0) is 7.05 Å². The minimum absolute atomic E-state index is 0. The molecular formula is C13H11BrFNO. The zero-order valence-corrected chi connectivity index (χ0v) is 10.8. The molecule has 0 N–H and O–H groups in total. The van der Waals surface area contributed by atoms with Gasteiger partial charge in [-0.15, -0.1) is 0 Å². The number of halogens is 2. The normalized spacial score (nSPS) is 9.53. The van der Waals surface area contributed by atoms with Crippen LogP contribution in [0.4, 0.5) is 4.39 Å². The summed E-state index contributed by atoms with van der Waals surface area (Å²) in [6.07, 6.45) is 4.40. The molecule has 0 saturated heterocycles. The molecular weight excluding hydrogens is 285 g/mol. The van der Waals surface area contributed by atoms with Crippen LogP contribution in [0, 0.1) is 5.82 Å². The first kappa shape index (κ1) is 13.5. The Labute approximate surface area is 109 Å². The number of aromatic nitrogens is 1. The van der Waals surface area contributed by atoms with E-state index >= 15 is 0 Å². The lowest BCUT2D eigenvalue weighted by Crippen LogP contribution is -3.00. The Morgan fingerprint density at radius 2 is 1.82 bits per heavy atom. The Hall–Kier alpha value is -1.55. The highest BCUT2D eigenvalue weighted by atomic mass is 79.9. The molecule has 4 heteroatoms. The highest BCUT2D eigenvalue weighted by Gasteiger charge is 2.08. The zero-order valence-electron chi connectivity index (χ0n) is 9.23. The number of hydrogen-bond donors (Lipinski definition) is 0. The molecule has 88 valence electrons. The molecule has 0 amide bonds. The number of nitrogens with zero attached hydrogens (tertiary/aromatic N) is 1. The molecule has 0 fully saturated rings. The number of aryl methyl sites for hydroxylation is 1. The predicted molar refractivity (Wildman–Crippen MR) is 58.4 cm³/mol. The molecule has 0 saturated carbocycles. The van der Waals surface area contributed by atoms with Gasteiger partial charge < -0.3 is 17.0 Å². The van der Waals surface area contributed by atoms with Gasteiger partial charge in [-0.3, -0.25) is 4.79 Å². The van der Waals surface area contributed by atoms with Gasteiger partial charge in [0.05, 0.1) is 5.56 Å². The summed E-state index contributed by atoms with van der Waals surface area (Å²) in [7, 11) is 1.85. The van der Waals surface area contributed by atoms with Gasteiger partial charge in [0.1, 0.15) is 12.9 Å². The van der Waals surface area contributed by atoms with Gasteiger partial charge in [0.25, 0.3) is 0 Å². The first-order valence-corrected chi connectivity index (χ1v) is 4.91. The number of carbonyl (C=O) groups is 1. The molecule has 0 aliphatic heterocycles. The lowest BCUT2D eigenvalue weighted by molar-refractivity contribution is -0.671. The van der Waals surface area contributed by atoms with Gasteiger partial charge in [-0.05, 0) is 17.7 Å². The third-order valence-electron chi connectivity index (χ3n) is 2.41. The van der Waals surface area contributed by atoms with Crippen LogP contribution < -0.4 is 21.5 Å². The van der Waals surface area contributed by atoms with Crippen LogP contribution >= 0.6 is 0 Å². The molecule has 2 nitrogen and oxygen atoms in total. The fourth-order valence-electron chi connectivity index (χ4n) is 1.61. The number of pyridine rings is 1. The van der Waals surface area contributed by atoms with E-state index in [0.29, 0.717) is 5.56 Å². The van der Waals surface area contributed by atoms with Crippen LogP contribution in [0.1, 0.15) is 10.4 Å². The maximum atomic E-state index is 12.8. The molecule has 0 atom stereocenters. The molecule has 0 radical (unpaired) electrons. The maximum Gasteiger partial charge on any atom is 0.179 e. The monoisotopic (exact) mass is 295 g/mol. The fraction of sp³-hybridized carbons (Fsp3) is 0.0769. The molecule has 0 bridgehead atoms. The first-order valence-electron chi connectivity index (χ1n) is 4.91. The van der Waals surface area contributed by atoms with Crippen molar-refractivity contribution in [1.82, 2.24) is 0 Å². The molecule has 2 aromatic rings. The molecule has 0 aliphatic carbocycles. The fourth-order valence-corrected chi connectivity index (χ4v) is 1.61. The van der Waals surface area contributed by atoms with E-state index in [0.717, 1.165) is 17.4 Å². The minimum atomic E-state index is -0.280. The van der Waals surface area contributed by atoms with Crippen molar-refractivity contribution in [2.24, 2.45) is 7.05 Å². The van der Waals surface area contributed by atoms with Crippen LogP contribution in [0.25, 0.3) is 11.1 Å². The van der Waals surface area contributed by atoms with Crippen molar-refractivity contribution in [3.63, 3.8) is 0 Å². The van der Waals surface area contributed by atoms with E-state index in [2.05, 4.69) is 0 Å². The van der Waals surface area contributed by atoms with Gasteiger partial charge >= 0.3 is 0 Å². The van der Waals surface area contributed by atoms with Crippen molar-refractivity contribution in [3.8, 4) is 11.1 Å². The number of benzene rings is 1. The summed E-state index contributed by atoms with van der Waals surface area (Å²) >= 11 is 0. The summed E-state index contributed by atoms with van der Waals surface area (Å²) < 4.78 is 14.6. The van der Waals surface area contributed by atoms with Crippen molar-refractivity contribution in [1.29, 1.82) is 0 Å². The van der Waals surface area contributed by atoms with Crippen LogP contribution in [-0.4, -0.2) is 6.29 Å². The van der Waals surface area contributed by atoms with Crippen molar-refractivity contribution >= 4 is 6.29 Å². The van der Waals surface area contributed by atoms with Crippen LogP contribution in [0.15, 0.2) is 42.7 Å². The average Bonchev–Trinajstić information content (AvgIpc) is 2.30. The molecule has 0 unspecified atom stereocenters. The second-order valence-corrected chi connectivity index (χ2v) is 3.60. The molecule has 1 aromatic heterocycles. The van der Waals surface area contributed by atoms with Gasteiger partial charge in [-0.1, -0.05) is 12.1 Å². The summed E-state index contributed by atoms with van der Waals surface area (Å²) in [5, 5.41) is 0. The van der Waals surface area contributed by atoms with E-state index in [1.54, 1.807) is 22.9 Å². The summed E-state index contributed by atoms with van der Waals surface area (Å²) in [4.78, 5) is 10.9. The Bertz CT molecular complexity index is 525. The average molecular weight is 296 g/mol. The summed E-state index contributed by atoms with van der Waals surface area (Å²) in [5.41, 5.74) is 2.24. The first-order chi connectivity index (χ1) is 7.70. The quantitative estimate of drug-likeness (QED) is 0.521. The van der Waals surface area contributed by atoms with Crippen molar-refractivity contribution in [3.05, 3.63) is 54.1 Å². The van der Waals surface area contributed by atoms with Gasteiger partial charge in [-0.25, -0.2) is 8.96 Å². The van der Waals surface area contributed by atoms with Gasteiger partial charge in [0.15, 0.2) is 18.7 Å². The lowest BCUT2D eigenvalue weighted by atomic mass is 10.0. The molecule has 1 heterocycles. The number of hydrogen-bond acceptors (Lipinski definition) is 1. The van der Waals surface area contributed by atoms with E-state index in [4.69, 9.17) is 0 Å². The minimum Gasteiger partial charge on any atom is -1.00 e. The third-order valence-corrected chi connectivity index (χ3v) is 2.41. The number of carbonyl (C=O) groups excluding carboxylic acids is 1. The maximum absolute atomic E-state index is 12.8. The van der Waals surface area contributed by atoms with E-state index < -0.39 is 0 Å². The zero-order chi connectivity index (χ0) is 11.5. The standard InChI is InChI=1S/C13H11FNO.BrH/c1-15-7-6-13(11(8-15)9-16)10-2-4-12(14)5-3-10;/h2-9H,1H3;1H/q+1;/p-1. The van der Waals surface area contributed by atoms with E-state index in [1.807, 2.05) is 19.3 Å². The highest BCUT2D eigenvalue weighted by Crippen LogP contribution is 2.21. The molecule has 2 rings (SSSR count). The lowest BCUT2D eigenvalue weighted by Gasteiger charge is -2.02. The van der Waals surface area contributed by atoms with Crippen LogP contribution in [0.3, 0.4) is 0 Å². The summed E-state index contributed by atoms with van der Waals surface area (Å²) in [6, 6.07) is 7.94. The van der Waals surface area contributed by atoms with Crippen molar-refractivity contribution in [2.45, 2.75) is 0 Å². The Kier molecular flexibility index (Phi) is 4.52. The van der Waals surface area contributed by atoms with Crippen LogP contribution in [0.5, 0.6) is 0 Å². The topological polar surface area (TPSA) is 20.9 Å². The SMILES string of the molecule is C[n+]1ccc(-c2ccc(F)cc2)c(C=O)c1.[Br-]. The van der Waals surface area contributed by atoms with Gasteiger partial charge in [-0.2, -0.15) is 0 Å². The molecule has 17 heavy (non-hydrogen) atoms.